The molecule has 0 aromatic carbocycles. The molecule has 0 radical (unpaired) electrons. The van der Waals surface area contributed by atoms with E-state index in [9.17, 15) is 10.1 Å². The fourth-order valence-corrected chi connectivity index (χ4v) is 2.10. The number of nitrogens with one attached hydrogen (secondary N) is 2. The van der Waals surface area contributed by atoms with Crippen molar-refractivity contribution in [3.05, 3.63) is 16.3 Å². The molecule has 7 nitrogen and oxygen atoms in total. The Balaban J connectivity index is 2.87. The Kier molecular flexibility index (Phi) is 6.34. The van der Waals surface area contributed by atoms with Gasteiger partial charge in [0.25, 0.3) is 0 Å². The molecular weight excluding hydrogens is 266 g/mol. The average molecular weight is 285 g/mol. The number of aromatic nitrogens is 2. The minimum Gasteiger partial charge on any atom is -0.361 e. The van der Waals surface area contributed by atoms with Gasteiger partial charge in [-0.25, -0.2) is 4.98 Å². The van der Waals surface area contributed by atoms with E-state index in [-0.39, 0.29) is 17.5 Å². The zero-order valence-corrected chi connectivity index (χ0v) is 12.2. The quantitative estimate of drug-likeness (QED) is 0.559. The summed E-state index contributed by atoms with van der Waals surface area (Å²) in [5.74, 6) is 2.54. The van der Waals surface area contributed by atoms with Crippen LogP contribution in [0.15, 0.2) is 6.20 Å². The van der Waals surface area contributed by atoms with E-state index in [1.54, 1.807) is 11.8 Å². The smallest absolute Gasteiger partial charge is 0.329 e. The maximum absolute atomic E-state index is 10.9. The molecule has 0 amide bonds. The first-order chi connectivity index (χ1) is 9.08. The van der Waals surface area contributed by atoms with E-state index in [1.807, 2.05) is 13.8 Å². The highest BCUT2D eigenvalue weighted by Gasteiger charge is 2.18. The van der Waals surface area contributed by atoms with E-state index in [0.29, 0.717) is 12.5 Å². The number of anilines is 2. The summed E-state index contributed by atoms with van der Waals surface area (Å²) in [7, 11) is 0. The Morgan fingerprint density at radius 3 is 2.84 bits per heavy atom. The molecule has 1 aromatic heterocycles. The first-order valence-electron chi connectivity index (χ1n) is 6.18. The molecule has 1 heterocycles. The minimum atomic E-state index is -0.474. The molecule has 1 aromatic rings. The predicted octanol–water partition coefficient (Wildman–Crippen LogP) is 2.37. The minimum absolute atomic E-state index is 0.102. The van der Waals surface area contributed by atoms with Crippen molar-refractivity contribution in [1.29, 1.82) is 0 Å². The molecule has 0 aliphatic rings. The van der Waals surface area contributed by atoms with Gasteiger partial charge in [0.05, 0.1) is 4.92 Å². The summed E-state index contributed by atoms with van der Waals surface area (Å²) in [6.07, 6.45) is 1.23. The van der Waals surface area contributed by atoms with Gasteiger partial charge in [-0.3, -0.25) is 10.1 Å². The maximum atomic E-state index is 10.9. The third-order valence-electron chi connectivity index (χ3n) is 2.26. The van der Waals surface area contributed by atoms with Crippen LogP contribution >= 0.6 is 11.8 Å². The highest BCUT2D eigenvalue weighted by Crippen LogP contribution is 2.23. The SMILES string of the molecule is CCNc1ncc([N+](=O)[O-])c(NC(C)CSCC)n1. The molecule has 19 heavy (non-hydrogen) atoms. The molecule has 0 fully saturated rings. The van der Waals surface area contributed by atoms with E-state index in [2.05, 4.69) is 27.5 Å². The van der Waals surface area contributed by atoms with Crippen molar-refractivity contribution in [2.24, 2.45) is 0 Å². The van der Waals surface area contributed by atoms with Gasteiger partial charge in [0.2, 0.25) is 11.8 Å². The van der Waals surface area contributed by atoms with Crippen LogP contribution in [0.3, 0.4) is 0 Å². The molecule has 1 unspecified atom stereocenters. The molecule has 0 spiro atoms. The lowest BCUT2D eigenvalue weighted by molar-refractivity contribution is -0.384. The number of hydrogen-bond donors (Lipinski definition) is 2. The van der Waals surface area contributed by atoms with Crippen molar-refractivity contribution in [2.75, 3.05) is 28.7 Å². The fraction of sp³-hybridized carbons (Fsp3) is 0.636. The predicted molar refractivity (Wildman–Crippen MR) is 78.9 cm³/mol. The van der Waals surface area contributed by atoms with E-state index in [1.165, 1.54) is 6.20 Å². The molecule has 8 heteroatoms. The largest absolute Gasteiger partial charge is 0.361 e. The Bertz CT molecular complexity index is 430. The lowest BCUT2D eigenvalue weighted by Gasteiger charge is -2.14. The summed E-state index contributed by atoms with van der Waals surface area (Å²) in [6, 6.07) is 0.105. The Labute approximate surface area is 116 Å². The van der Waals surface area contributed by atoms with Crippen molar-refractivity contribution in [1.82, 2.24) is 9.97 Å². The van der Waals surface area contributed by atoms with E-state index in [4.69, 9.17) is 0 Å². The summed E-state index contributed by atoms with van der Waals surface area (Å²) in [6.45, 7) is 6.63. The molecule has 106 valence electrons. The van der Waals surface area contributed by atoms with Crippen LogP contribution in [0.4, 0.5) is 17.5 Å². The van der Waals surface area contributed by atoms with Gasteiger partial charge in [-0.05, 0) is 19.6 Å². The van der Waals surface area contributed by atoms with Gasteiger partial charge < -0.3 is 10.6 Å². The van der Waals surface area contributed by atoms with Gasteiger partial charge in [0, 0.05) is 18.3 Å². The van der Waals surface area contributed by atoms with Crippen LogP contribution < -0.4 is 10.6 Å². The Morgan fingerprint density at radius 1 is 1.53 bits per heavy atom. The molecule has 1 atom stereocenters. The van der Waals surface area contributed by atoms with Gasteiger partial charge in [0.1, 0.15) is 6.20 Å². The first kappa shape index (κ1) is 15.5. The summed E-state index contributed by atoms with van der Waals surface area (Å²) in [4.78, 5) is 18.5. The Hall–Kier alpha value is -1.57. The van der Waals surface area contributed by atoms with Crippen molar-refractivity contribution < 1.29 is 4.92 Å². The zero-order valence-electron chi connectivity index (χ0n) is 11.3. The molecule has 1 rings (SSSR count). The fourth-order valence-electron chi connectivity index (χ4n) is 1.43. The standard InChI is InChI=1S/C11H19N5O2S/c1-4-12-11-13-6-9(16(17)18)10(15-11)14-8(3)7-19-5-2/h6,8H,4-5,7H2,1-3H3,(H2,12,13,14,15). The lowest BCUT2D eigenvalue weighted by atomic mass is 10.3. The number of hydrogen-bond acceptors (Lipinski definition) is 7. The van der Waals surface area contributed by atoms with Crippen LogP contribution in [-0.2, 0) is 0 Å². The maximum Gasteiger partial charge on any atom is 0.329 e. The lowest BCUT2D eigenvalue weighted by Crippen LogP contribution is -2.20. The van der Waals surface area contributed by atoms with E-state index >= 15 is 0 Å². The van der Waals surface area contributed by atoms with Crippen LogP contribution in [-0.4, -0.2) is 39.0 Å². The van der Waals surface area contributed by atoms with Gasteiger partial charge in [0.15, 0.2) is 0 Å². The second kappa shape index (κ2) is 7.78. The highest BCUT2D eigenvalue weighted by atomic mass is 32.2. The number of thioether (sulfide) groups is 1. The zero-order chi connectivity index (χ0) is 14.3. The molecule has 0 aliphatic carbocycles. The topological polar surface area (TPSA) is 93.0 Å². The number of rotatable bonds is 8. The van der Waals surface area contributed by atoms with E-state index in [0.717, 1.165) is 11.5 Å². The van der Waals surface area contributed by atoms with Gasteiger partial charge in [-0.1, -0.05) is 6.92 Å². The second-order valence-electron chi connectivity index (χ2n) is 3.92. The highest BCUT2D eigenvalue weighted by molar-refractivity contribution is 7.99. The molecule has 0 bridgehead atoms. The van der Waals surface area contributed by atoms with E-state index < -0.39 is 4.92 Å². The van der Waals surface area contributed by atoms with Gasteiger partial charge in [-0.2, -0.15) is 16.7 Å². The van der Waals surface area contributed by atoms with Crippen LogP contribution in [0.2, 0.25) is 0 Å². The first-order valence-corrected chi connectivity index (χ1v) is 7.33. The van der Waals surface area contributed by atoms with Crippen LogP contribution in [0.5, 0.6) is 0 Å². The molecule has 0 saturated carbocycles. The van der Waals surface area contributed by atoms with Crippen molar-refractivity contribution in [2.45, 2.75) is 26.8 Å². The molecule has 0 aliphatic heterocycles. The van der Waals surface area contributed by atoms with Crippen LogP contribution in [0.1, 0.15) is 20.8 Å². The van der Waals surface area contributed by atoms with Crippen LogP contribution in [0, 0.1) is 10.1 Å². The summed E-state index contributed by atoms with van der Waals surface area (Å²) in [5.41, 5.74) is -0.102. The average Bonchev–Trinajstić information content (AvgIpc) is 2.36. The van der Waals surface area contributed by atoms with Crippen molar-refractivity contribution >= 4 is 29.2 Å². The molecule has 0 saturated heterocycles. The number of nitrogens with zero attached hydrogens (tertiary/aromatic N) is 3. The third-order valence-corrected chi connectivity index (χ3v) is 3.40. The third kappa shape index (κ3) is 4.90. The van der Waals surface area contributed by atoms with Crippen LogP contribution in [0.25, 0.3) is 0 Å². The second-order valence-corrected chi connectivity index (χ2v) is 5.24. The monoisotopic (exact) mass is 285 g/mol. The Morgan fingerprint density at radius 2 is 2.26 bits per heavy atom. The molecular formula is C11H19N5O2S. The van der Waals surface area contributed by atoms with Gasteiger partial charge in [-0.15, -0.1) is 0 Å². The number of nitro groups is 1. The summed E-state index contributed by atoms with van der Waals surface area (Å²) >= 11 is 1.77. The normalized spacial score (nSPS) is 11.9. The van der Waals surface area contributed by atoms with Gasteiger partial charge >= 0.3 is 5.69 Å². The molecule has 2 N–H and O–H groups in total. The summed E-state index contributed by atoms with van der Waals surface area (Å²) < 4.78 is 0. The summed E-state index contributed by atoms with van der Waals surface area (Å²) in [5, 5.41) is 17.0. The van der Waals surface area contributed by atoms with Crippen molar-refractivity contribution in [3.63, 3.8) is 0 Å². The van der Waals surface area contributed by atoms with Crippen molar-refractivity contribution in [3.8, 4) is 0 Å².